The van der Waals surface area contributed by atoms with Crippen LogP contribution in [0.2, 0.25) is 0 Å². The van der Waals surface area contributed by atoms with E-state index in [9.17, 15) is 9.18 Å². The van der Waals surface area contributed by atoms with E-state index in [2.05, 4.69) is 15.3 Å². The second kappa shape index (κ2) is 7.26. The zero-order valence-electron chi connectivity index (χ0n) is 11.9. The van der Waals surface area contributed by atoms with Crippen LogP contribution in [0.15, 0.2) is 18.2 Å². The summed E-state index contributed by atoms with van der Waals surface area (Å²) in [6, 6.07) is 4.35. The lowest BCUT2D eigenvalue weighted by molar-refractivity contribution is -0.126. The molecule has 1 aromatic carbocycles. The molecular formula is C14H19Cl2FN4O. The summed E-state index contributed by atoms with van der Waals surface area (Å²) in [6.45, 7) is 0.272. The molecule has 0 radical (unpaired) electrons. The Kier molecular flexibility index (Phi) is 6.17. The standard InChI is InChI=1S/C14H17FN4O.2ClH/c15-9-3-4-10-11(7-9)19-12(18-10)8-17-13(20)14(16)5-1-2-6-14;;/h3-4,7H,1-2,5-6,8,16H2,(H,17,20)(H,18,19);2*1H. The monoisotopic (exact) mass is 348 g/mol. The quantitative estimate of drug-likeness (QED) is 0.796. The number of aromatic nitrogens is 2. The highest BCUT2D eigenvalue weighted by Gasteiger charge is 2.36. The Morgan fingerprint density at radius 3 is 2.73 bits per heavy atom. The maximum atomic E-state index is 13.1. The summed E-state index contributed by atoms with van der Waals surface area (Å²) in [6.07, 6.45) is 3.44. The van der Waals surface area contributed by atoms with Crippen LogP contribution in [0, 0.1) is 5.82 Å². The number of H-pyrrole nitrogens is 1. The maximum absolute atomic E-state index is 13.1. The molecule has 1 aliphatic carbocycles. The second-order valence-corrected chi connectivity index (χ2v) is 5.39. The molecule has 1 aromatic heterocycles. The fourth-order valence-corrected chi connectivity index (χ4v) is 2.69. The molecule has 8 heteroatoms. The summed E-state index contributed by atoms with van der Waals surface area (Å²) in [4.78, 5) is 19.4. The van der Waals surface area contributed by atoms with Gasteiger partial charge in [-0.05, 0) is 31.0 Å². The Morgan fingerprint density at radius 2 is 2.05 bits per heavy atom. The van der Waals surface area contributed by atoms with Crippen LogP contribution < -0.4 is 11.1 Å². The Bertz CT molecular complexity index is 655. The minimum absolute atomic E-state index is 0. The number of carbonyl (C=O) groups excluding carboxylic acids is 1. The zero-order chi connectivity index (χ0) is 14.2. The number of benzene rings is 1. The third kappa shape index (κ3) is 3.69. The summed E-state index contributed by atoms with van der Waals surface area (Å²) in [7, 11) is 0. The lowest BCUT2D eigenvalue weighted by Gasteiger charge is -2.21. The average molecular weight is 349 g/mol. The summed E-state index contributed by atoms with van der Waals surface area (Å²) >= 11 is 0. The number of nitrogens with two attached hydrogens (primary N) is 1. The van der Waals surface area contributed by atoms with Gasteiger partial charge in [0.15, 0.2) is 0 Å². The van der Waals surface area contributed by atoms with Gasteiger partial charge in [0.05, 0.1) is 23.1 Å². The van der Waals surface area contributed by atoms with Gasteiger partial charge in [0, 0.05) is 0 Å². The lowest BCUT2D eigenvalue weighted by atomic mass is 9.98. The van der Waals surface area contributed by atoms with Crippen LogP contribution in [0.3, 0.4) is 0 Å². The van der Waals surface area contributed by atoms with Crippen LogP contribution in [0.5, 0.6) is 0 Å². The summed E-state index contributed by atoms with van der Waals surface area (Å²) in [5.41, 5.74) is 6.63. The molecule has 22 heavy (non-hydrogen) atoms. The van der Waals surface area contributed by atoms with Crippen molar-refractivity contribution >= 4 is 41.8 Å². The molecule has 122 valence electrons. The summed E-state index contributed by atoms with van der Waals surface area (Å²) in [5, 5.41) is 2.81. The van der Waals surface area contributed by atoms with Gasteiger partial charge in [-0.3, -0.25) is 4.79 Å². The molecule has 4 N–H and O–H groups in total. The highest BCUT2D eigenvalue weighted by molar-refractivity contribution is 5.86. The van der Waals surface area contributed by atoms with Crippen molar-refractivity contribution in [3.63, 3.8) is 0 Å². The first-order chi connectivity index (χ1) is 9.57. The van der Waals surface area contributed by atoms with E-state index in [-0.39, 0.29) is 43.1 Å². The van der Waals surface area contributed by atoms with Gasteiger partial charge in [0.2, 0.25) is 5.91 Å². The van der Waals surface area contributed by atoms with E-state index in [1.54, 1.807) is 6.07 Å². The number of aromatic amines is 1. The predicted octanol–water partition coefficient (Wildman–Crippen LogP) is 2.43. The molecule has 1 heterocycles. The number of carbonyl (C=O) groups is 1. The third-order valence-corrected chi connectivity index (χ3v) is 3.86. The van der Waals surface area contributed by atoms with E-state index >= 15 is 0 Å². The largest absolute Gasteiger partial charge is 0.347 e. The molecule has 0 bridgehead atoms. The summed E-state index contributed by atoms with van der Waals surface area (Å²) in [5.74, 6) is 0.144. The first kappa shape index (κ1) is 18.7. The first-order valence-corrected chi connectivity index (χ1v) is 6.78. The van der Waals surface area contributed by atoms with E-state index in [0.717, 1.165) is 25.7 Å². The molecule has 0 atom stereocenters. The Morgan fingerprint density at radius 1 is 1.36 bits per heavy atom. The van der Waals surface area contributed by atoms with E-state index < -0.39 is 5.54 Å². The number of nitrogens with one attached hydrogen (secondary N) is 2. The van der Waals surface area contributed by atoms with Crippen LogP contribution in [-0.2, 0) is 11.3 Å². The molecule has 0 saturated heterocycles. The van der Waals surface area contributed by atoms with Gasteiger partial charge >= 0.3 is 0 Å². The number of nitrogens with zero attached hydrogens (tertiary/aromatic N) is 1. The molecule has 0 unspecified atom stereocenters. The molecule has 5 nitrogen and oxygen atoms in total. The molecule has 2 aromatic rings. The number of imidazole rings is 1. The van der Waals surface area contributed by atoms with Gasteiger partial charge in [0.25, 0.3) is 0 Å². The predicted molar refractivity (Wildman–Crippen MR) is 87.8 cm³/mol. The SMILES string of the molecule is Cl.Cl.NC1(C(=O)NCc2nc3ccc(F)cc3[nH]2)CCCC1. The fraction of sp³-hybridized carbons (Fsp3) is 0.429. The number of halogens is 3. The van der Waals surface area contributed by atoms with Crippen LogP contribution >= 0.6 is 24.8 Å². The number of hydrogen-bond acceptors (Lipinski definition) is 3. The molecule has 1 saturated carbocycles. The maximum Gasteiger partial charge on any atom is 0.240 e. The van der Waals surface area contributed by atoms with Gasteiger partial charge in [-0.25, -0.2) is 9.37 Å². The number of rotatable bonds is 3. The van der Waals surface area contributed by atoms with E-state index in [4.69, 9.17) is 5.73 Å². The minimum Gasteiger partial charge on any atom is -0.347 e. The van der Waals surface area contributed by atoms with Crippen molar-refractivity contribution in [2.45, 2.75) is 37.8 Å². The third-order valence-electron chi connectivity index (χ3n) is 3.86. The van der Waals surface area contributed by atoms with Crippen LogP contribution in [0.1, 0.15) is 31.5 Å². The first-order valence-electron chi connectivity index (χ1n) is 6.78. The molecule has 0 spiro atoms. The molecule has 0 aliphatic heterocycles. The highest BCUT2D eigenvalue weighted by atomic mass is 35.5. The molecule has 1 aliphatic rings. The number of fused-ring (bicyclic) bond motifs is 1. The molecule has 3 rings (SSSR count). The average Bonchev–Trinajstić information content (AvgIpc) is 3.02. The van der Waals surface area contributed by atoms with Crippen molar-refractivity contribution in [3.8, 4) is 0 Å². The van der Waals surface area contributed by atoms with Crippen molar-refractivity contribution in [1.29, 1.82) is 0 Å². The van der Waals surface area contributed by atoms with Crippen molar-refractivity contribution in [2.24, 2.45) is 5.73 Å². The normalized spacial score (nSPS) is 15.9. The van der Waals surface area contributed by atoms with Crippen molar-refractivity contribution in [1.82, 2.24) is 15.3 Å². The number of amides is 1. The van der Waals surface area contributed by atoms with Gasteiger partial charge in [-0.1, -0.05) is 12.8 Å². The van der Waals surface area contributed by atoms with Crippen LogP contribution in [0.4, 0.5) is 4.39 Å². The van der Waals surface area contributed by atoms with Crippen molar-refractivity contribution < 1.29 is 9.18 Å². The van der Waals surface area contributed by atoms with Crippen molar-refractivity contribution in [3.05, 3.63) is 29.8 Å². The van der Waals surface area contributed by atoms with E-state index in [1.165, 1.54) is 12.1 Å². The second-order valence-electron chi connectivity index (χ2n) is 5.39. The molecular weight excluding hydrogens is 330 g/mol. The van der Waals surface area contributed by atoms with E-state index in [1.807, 2.05) is 0 Å². The Hall–Kier alpha value is -1.37. The highest BCUT2D eigenvalue weighted by Crippen LogP contribution is 2.27. The summed E-state index contributed by atoms with van der Waals surface area (Å²) < 4.78 is 13.1. The van der Waals surface area contributed by atoms with Gasteiger partial charge in [-0.15, -0.1) is 24.8 Å². The fourth-order valence-electron chi connectivity index (χ4n) is 2.69. The van der Waals surface area contributed by atoms with Crippen LogP contribution in [-0.4, -0.2) is 21.4 Å². The smallest absolute Gasteiger partial charge is 0.240 e. The molecule has 1 amide bonds. The van der Waals surface area contributed by atoms with E-state index in [0.29, 0.717) is 16.9 Å². The topological polar surface area (TPSA) is 83.8 Å². The van der Waals surface area contributed by atoms with Gasteiger partial charge < -0.3 is 16.0 Å². The number of hydrogen-bond donors (Lipinski definition) is 3. The lowest BCUT2D eigenvalue weighted by Crippen LogP contribution is -2.51. The molecule has 1 fully saturated rings. The van der Waals surface area contributed by atoms with Gasteiger partial charge in [0.1, 0.15) is 11.6 Å². The Balaban J connectivity index is 0.00000121. The van der Waals surface area contributed by atoms with Gasteiger partial charge in [-0.2, -0.15) is 0 Å². The zero-order valence-corrected chi connectivity index (χ0v) is 13.5. The van der Waals surface area contributed by atoms with Crippen LogP contribution in [0.25, 0.3) is 11.0 Å². The van der Waals surface area contributed by atoms with Crippen molar-refractivity contribution in [2.75, 3.05) is 0 Å². The Labute approximate surface area is 140 Å². The minimum atomic E-state index is -0.738.